The van der Waals surface area contributed by atoms with E-state index in [1.165, 1.54) is 0 Å². The zero-order valence-corrected chi connectivity index (χ0v) is 10.5. The van der Waals surface area contributed by atoms with Crippen LogP contribution in [0.4, 0.5) is 0 Å². The van der Waals surface area contributed by atoms with Crippen molar-refractivity contribution >= 4 is 23.8 Å². The van der Waals surface area contributed by atoms with Gasteiger partial charge in [0.1, 0.15) is 5.78 Å². The summed E-state index contributed by atoms with van der Waals surface area (Å²) >= 11 is 6.09. The molecule has 4 saturated heterocycles. The Labute approximate surface area is 93.8 Å². The Morgan fingerprint density at radius 1 is 1.13 bits per heavy atom. The molecule has 0 radical (unpaired) electrons. The summed E-state index contributed by atoms with van der Waals surface area (Å²) in [5.74, 6) is 0.318. The lowest BCUT2D eigenvalue weighted by Gasteiger charge is -2.62. The first-order valence-electron chi connectivity index (χ1n) is 5.13. The van der Waals surface area contributed by atoms with Gasteiger partial charge in [-0.05, 0) is 11.2 Å². The maximum atomic E-state index is 12.2. The Kier molecular flexibility index (Phi) is 1.72. The predicted molar refractivity (Wildman–Crippen MR) is 57.8 cm³/mol. The van der Waals surface area contributed by atoms with Gasteiger partial charge in [-0.1, -0.05) is 13.8 Å². The fourth-order valence-electron chi connectivity index (χ4n) is 3.37. The van der Waals surface area contributed by atoms with Crippen LogP contribution in [0.2, 0.25) is 0 Å². The predicted octanol–water partition coefficient (Wildman–Crippen LogP) is 1.56. The molecule has 0 atom stereocenters. The van der Waals surface area contributed by atoms with Gasteiger partial charge in [-0.3, -0.25) is 9.36 Å². The maximum Gasteiger partial charge on any atom is 0.304 e. The summed E-state index contributed by atoms with van der Waals surface area (Å²) in [5.41, 5.74) is -0.734. The van der Waals surface area contributed by atoms with E-state index in [1.807, 2.05) is 23.2 Å². The van der Waals surface area contributed by atoms with Crippen molar-refractivity contribution in [2.24, 2.45) is 10.8 Å². The highest BCUT2D eigenvalue weighted by atomic mass is 35.7. The van der Waals surface area contributed by atoms with Gasteiger partial charge in [0.15, 0.2) is 0 Å². The number of carbonyl (C=O) groups is 1. The Balaban J connectivity index is 2.14. The van der Waals surface area contributed by atoms with Crippen LogP contribution in [-0.2, 0) is 9.36 Å². The molecule has 0 aromatic heterocycles. The lowest BCUT2D eigenvalue weighted by atomic mass is 9.65. The normalized spacial score (nSPS) is 62.5. The monoisotopic (exact) mass is 248 g/mol. The highest BCUT2D eigenvalue weighted by molar-refractivity contribution is 7.85. The SMILES string of the molecule is CC12CN3CC(C)(CN(C1)P3(=O)Cl)C2=O. The van der Waals surface area contributed by atoms with Crippen LogP contribution in [0.1, 0.15) is 13.8 Å². The molecule has 84 valence electrons. The molecule has 4 aliphatic heterocycles. The van der Waals surface area contributed by atoms with Crippen LogP contribution < -0.4 is 0 Å². The van der Waals surface area contributed by atoms with Crippen LogP contribution in [-0.4, -0.2) is 41.3 Å². The topological polar surface area (TPSA) is 40.6 Å². The molecule has 6 heteroatoms. The summed E-state index contributed by atoms with van der Waals surface area (Å²) in [7, 11) is 0. The molecule has 0 unspecified atom stereocenters. The molecule has 4 aliphatic rings. The van der Waals surface area contributed by atoms with Crippen molar-refractivity contribution in [3.63, 3.8) is 0 Å². The molecule has 0 spiro atoms. The van der Waals surface area contributed by atoms with E-state index in [1.54, 1.807) is 0 Å². The van der Waals surface area contributed by atoms with Gasteiger partial charge in [-0.25, -0.2) is 9.34 Å². The van der Waals surface area contributed by atoms with Crippen LogP contribution in [0, 0.1) is 10.8 Å². The Morgan fingerprint density at radius 3 is 1.80 bits per heavy atom. The minimum Gasteiger partial charge on any atom is -0.298 e. The van der Waals surface area contributed by atoms with Gasteiger partial charge in [-0.15, -0.1) is 0 Å². The van der Waals surface area contributed by atoms with Crippen molar-refractivity contribution in [1.82, 2.24) is 9.34 Å². The summed E-state index contributed by atoms with van der Waals surface area (Å²) in [6.07, 6.45) is 0. The summed E-state index contributed by atoms with van der Waals surface area (Å²) in [6, 6.07) is 0. The second-order valence-electron chi connectivity index (χ2n) is 5.57. The van der Waals surface area contributed by atoms with Crippen LogP contribution in [0.15, 0.2) is 0 Å². The molecule has 4 nitrogen and oxygen atoms in total. The van der Waals surface area contributed by atoms with Crippen molar-refractivity contribution in [2.45, 2.75) is 13.8 Å². The third-order valence-corrected chi connectivity index (χ3v) is 7.16. The smallest absolute Gasteiger partial charge is 0.298 e. The molecule has 4 bridgehead atoms. The minimum absolute atomic E-state index is 0.318. The molecule has 0 aromatic carbocycles. The van der Waals surface area contributed by atoms with Crippen molar-refractivity contribution < 1.29 is 9.36 Å². The van der Waals surface area contributed by atoms with E-state index >= 15 is 0 Å². The van der Waals surface area contributed by atoms with Crippen LogP contribution in [0.3, 0.4) is 0 Å². The van der Waals surface area contributed by atoms with Crippen LogP contribution in [0.5, 0.6) is 0 Å². The van der Waals surface area contributed by atoms with Gasteiger partial charge in [0.2, 0.25) is 0 Å². The van der Waals surface area contributed by atoms with Crippen molar-refractivity contribution in [3.05, 3.63) is 0 Å². The number of ketones is 1. The van der Waals surface area contributed by atoms with Crippen molar-refractivity contribution in [1.29, 1.82) is 0 Å². The van der Waals surface area contributed by atoms with Crippen LogP contribution in [0.25, 0.3) is 0 Å². The molecule has 0 amide bonds. The van der Waals surface area contributed by atoms with Gasteiger partial charge in [0, 0.05) is 26.2 Å². The summed E-state index contributed by atoms with van der Waals surface area (Å²) in [6.45, 7) is 3.30. The maximum absolute atomic E-state index is 12.2. The minimum atomic E-state index is -2.83. The lowest BCUT2D eigenvalue weighted by Crippen LogP contribution is -2.71. The first kappa shape index (κ1) is 10.3. The van der Waals surface area contributed by atoms with Gasteiger partial charge in [0.25, 0.3) is 0 Å². The van der Waals surface area contributed by atoms with E-state index in [-0.39, 0.29) is 10.8 Å². The fraction of sp³-hybridized carbons (Fsp3) is 0.889. The highest BCUT2D eigenvalue weighted by Gasteiger charge is 2.65. The molecule has 4 fully saturated rings. The van der Waals surface area contributed by atoms with E-state index in [2.05, 4.69) is 0 Å². The number of piperidine rings is 2. The molecular weight excluding hydrogens is 235 g/mol. The van der Waals surface area contributed by atoms with E-state index in [9.17, 15) is 9.36 Å². The standard InChI is InChI=1S/C9H14ClN2O2P/c1-8-3-11-5-9(2,7(8)13)6-12(4-8)15(11,10)14/h3-6H2,1-2H3. The van der Waals surface area contributed by atoms with E-state index < -0.39 is 6.80 Å². The summed E-state index contributed by atoms with van der Waals surface area (Å²) < 4.78 is 15.9. The quantitative estimate of drug-likeness (QED) is 0.610. The third kappa shape index (κ3) is 1.06. The largest absolute Gasteiger partial charge is 0.304 e. The fourth-order valence-corrected chi connectivity index (χ4v) is 6.31. The van der Waals surface area contributed by atoms with Gasteiger partial charge >= 0.3 is 6.80 Å². The van der Waals surface area contributed by atoms with Gasteiger partial charge in [-0.2, -0.15) is 0 Å². The van der Waals surface area contributed by atoms with Crippen LogP contribution >= 0.6 is 18.0 Å². The molecule has 0 saturated carbocycles. The summed E-state index contributed by atoms with van der Waals surface area (Å²) in [4.78, 5) is 12.2. The molecule has 0 N–H and O–H groups in total. The first-order chi connectivity index (χ1) is 6.78. The van der Waals surface area contributed by atoms with E-state index in [0.29, 0.717) is 32.0 Å². The Bertz CT molecular complexity index is 367. The van der Waals surface area contributed by atoms with Gasteiger partial charge < -0.3 is 0 Å². The second-order valence-corrected chi connectivity index (χ2v) is 8.97. The highest BCUT2D eigenvalue weighted by Crippen LogP contribution is 2.69. The van der Waals surface area contributed by atoms with E-state index in [4.69, 9.17) is 11.2 Å². The van der Waals surface area contributed by atoms with Crippen molar-refractivity contribution in [3.8, 4) is 0 Å². The molecule has 0 aliphatic carbocycles. The Hall–Kier alpha value is 0.110. The molecule has 4 rings (SSSR count). The second kappa shape index (κ2) is 2.51. The number of Topliss-reactive ketones (excluding diaryl/α,β-unsaturated/α-hetero) is 1. The van der Waals surface area contributed by atoms with E-state index in [0.717, 1.165) is 0 Å². The third-order valence-electron chi connectivity index (χ3n) is 3.92. The number of nitrogens with zero attached hydrogens (tertiary/aromatic N) is 2. The lowest BCUT2D eigenvalue weighted by molar-refractivity contribution is -0.154. The number of rotatable bonds is 0. The molecule has 15 heavy (non-hydrogen) atoms. The Morgan fingerprint density at radius 2 is 1.47 bits per heavy atom. The average Bonchev–Trinajstić information content (AvgIpc) is 2.08. The molecule has 4 heterocycles. The van der Waals surface area contributed by atoms with Crippen molar-refractivity contribution in [2.75, 3.05) is 26.2 Å². The number of carbonyl (C=O) groups excluding carboxylic acids is 1. The zero-order valence-electron chi connectivity index (χ0n) is 8.86. The number of hydrogen-bond donors (Lipinski definition) is 0. The first-order valence-corrected chi connectivity index (χ1v) is 7.65. The zero-order chi connectivity index (χ0) is 11.1. The average molecular weight is 249 g/mol. The van der Waals surface area contributed by atoms with Gasteiger partial charge in [0.05, 0.1) is 10.8 Å². The number of halogens is 1. The molecule has 0 aromatic rings. The molecular formula is C9H14ClN2O2P. The number of hydrogen-bond acceptors (Lipinski definition) is 2. The summed E-state index contributed by atoms with van der Waals surface area (Å²) in [5, 5.41) is 0.